The quantitative estimate of drug-likeness (QED) is 0.795. The summed E-state index contributed by atoms with van der Waals surface area (Å²) in [7, 11) is 0. The first-order valence-electron chi connectivity index (χ1n) is 8.56. The molecule has 144 valence electrons. The lowest BCUT2D eigenvalue weighted by Crippen LogP contribution is -2.53. The number of carbonyl (C=O) groups excluding carboxylic acids is 1. The third-order valence-corrected chi connectivity index (χ3v) is 5.05. The molecule has 1 amide bonds. The average molecular weight is 398 g/mol. The number of halogens is 4. The van der Waals surface area contributed by atoms with Crippen LogP contribution in [0.4, 0.5) is 24.5 Å². The van der Waals surface area contributed by atoms with Gasteiger partial charge in [0.25, 0.3) is 0 Å². The maximum Gasteiger partial charge on any atom is 0.241 e. The van der Waals surface area contributed by atoms with Gasteiger partial charge in [0.1, 0.15) is 0 Å². The molecular weight excluding hydrogens is 379 g/mol. The summed E-state index contributed by atoms with van der Waals surface area (Å²) in [6.07, 6.45) is 0. The molecule has 1 heterocycles. The van der Waals surface area contributed by atoms with Crippen LogP contribution in [-0.2, 0) is 4.79 Å². The number of nitrogens with one attached hydrogen (secondary N) is 1. The van der Waals surface area contributed by atoms with E-state index in [2.05, 4.69) is 10.2 Å². The molecule has 1 aliphatic heterocycles. The fourth-order valence-corrected chi connectivity index (χ4v) is 3.34. The van der Waals surface area contributed by atoms with Gasteiger partial charge >= 0.3 is 0 Å². The van der Waals surface area contributed by atoms with E-state index in [1.807, 2.05) is 29.2 Å². The van der Waals surface area contributed by atoms with Crippen molar-refractivity contribution in [1.29, 1.82) is 0 Å². The molecule has 8 heteroatoms. The monoisotopic (exact) mass is 397 g/mol. The average Bonchev–Trinajstić information content (AvgIpc) is 2.68. The lowest BCUT2D eigenvalue weighted by Gasteiger charge is -2.38. The summed E-state index contributed by atoms with van der Waals surface area (Å²) in [5, 5.41) is 3.00. The Morgan fingerprint density at radius 2 is 1.70 bits per heavy atom. The standard InChI is InChI=1S/C19H19ClF3N3O/c1-12(19(27)24-15-7-6-14(21)17(22)18(15)23)25-8-10-26(11-9-25)16-5-3-2-4-13(16)20/h2-7,12H,8-11H2,1H3,(H,24,27)/t12-/m1/s1. The molecule has 0 aliphatic carbocycles. The highest BCUT2D eigenvalue weighted by Crippen LogP contribution is 2.26. The van der Waals surface area contributed by atoms with Crippen LogP contribution in [0.3, 0.4) is 0 Å². The van der Waals surface area contributed by atoms with Gasteiger partial charge in [-0.1, -0.05) is 23.7 Å². The Morgan fingerprint density at radius 1 is 1.04 bits per heavy atom. The zero-order valence-corrected chi connectivity index (χ0v) is 15.4. The number of anilines is 2. The van der Waals surface area contributed by atoms with Crippen LogP contribution in [0.15, 0.2) is 36.4 Å². The Bertz CT molecular complexity index is 841. The lowest BCUT2D eigenvalue weighted by atomic mass is 10.2. The van der Waals surface area contributed by atoms with Gasteiger partial charge in [-0.2, -0.15) is 0 Å². The van der Waals surface area contributed by atoms with E-state index in [0.29, 0.717) is 31.2 Å². The summed E-state index contributed by atoms with van der Waals surface area (Å²) in [4.78, 5) is 16.5. The van der Waals surface area contributed by atoms with Crippen LogP contribution in [-0.4, -0.2) is 43.0 Å². The van der Waals surface area contributed by atoms with Gasteiger partial charge in [0.2, 0.25) is 5.91 Å². The number of rotatable bonds is 4. The number of piperazine rings is 1. The van der Waals surface area contributed by atoms with E-state index in [-0.39, 0.29) is 5.69 Å². The van der Waals surface area contributed by atoms with Crippen molar-refractivity contribution in [2.24, 2.45) is 0 Å². The van der Waals surface area contributed by atoms with E-state index in [4.69, 9.17) is 11.6 Å². The smallest absolute Gasteiger partial charge is 0.241 e. The predicted molar refractivity (Wildman–Crippen MR) is 99.6 cm³/mol. The molecule has 1 atom stereocenters. The minimum atomic E-state index is -1.60. The summed E-state index contributed by atoms with van der Waals surface area (Å²) in [5.41, 5.74) is 0.570. The molecule has 1 fully saturated rings. The number of benzene rings is 2. The van der Waals surface area contributed by atoms with Gasteiger partial charge in [-0.15, -0.1) is 0 Å². The maximum absolute atomic E-state index is 13.7. The van der Waals surface area contributed by atoms with Crippen LogP contribution in [0.5, 0.6) is 0 Å². The van der Waals surface area contributed by atoms with Crippen molar-refractivity contribution in [3.63, 3.8) is 0 Å². The molecule has 0 bridgehead atoms. The Balaban J connectivity index is 1.61. The molecular formula is C19H19ClF3N3O. The molecule has 1 saturated heterocycles. The van der Waals surface area contributed by atoms with Gasteiger partial charge in [-0.05, 0) is 31.2 Å². The summed E-state index contributed by atoms with van der Waals surface area (Å²) in [6.45, 7) is 4.28. The highest BCUT2D eigenvalue weighted by atomic mass is 35.5. The number of para-hydroxylation sites is 1. The van der Waals surface area contributed by atoms with Crippen LogP contribution in [0, 0.1) is 17.5 Å². The fourth-order valence-electron chi connectivity index (χ4n) is 3.08. The van der Waals surface area contributed by atoms with Crippen molar-refractivity contribution in [2.75, 3.05) is 36.4 Å². The SMILES string of the molecule is C[C@H](C(=O)Nc1ccc(F)c(F)c1F)N1CCN(c2ccccc2Cl)CC1. The molecule has 0 radical (unpaired) electrons. The summed E-state index contributed by atoms with van der Waals surface area (Å²) < 4.78 is 40.1. The second kappa shape index (κ2) is 8.19. The topological polar surface area (TPSA) is 35.6 Å². The largest absolute Gasteiger partial charge is 0.368 e. The molecule has 27 heavy (non-hydrogen) atoms. The highest BCUT2D eigenvalue weighted by molar-refractivity contribution is 6.33. The number of carbonyl (C=O) groups is 1. The highest BCUT2D eigenvalue weighted by Gasteiger charge is 2.27. The van der Waals surface area contributed by atoms with Gasteiger partial charge in [0.15, 0.2) is 17.5 Å². The molecule has 0 aromatic heterocycles. The van der Waals surface area contributed by atoms with Crippen molar-refractivity contribution in [2.45, 2.75) is 13.0 Å². The molecule has 1 N–H and O–H groups in total. The van der Waals surface area contributed by atoms with Gasteiger partial charge in [0.05, 0.1) is 22.4 Å². The Morgan fingerprint density at radius 3 is 2.37 bits per heavy atom. The van der Waals surface area contributed by atoms with Crippen LogP contribution >= 0.6 is 11.6 Å². The minimum absolute atomic E-state index is 0.375. The third kappa shape index (κ3) is 4.20. The number of hydrogen-bond acceptors (Lipinski definition) is 3. The first-order valence-corrected chi connectivity index (χ1v) is 8.94. The van der Waals surface area contributed by atoms with Crippen LogP contribution in [0.2, 0.25) is 5.02 Å². The first-order chi connectivity index (χ1) is 12.9. The van der Waals surface area contributed by atoms with Gasteiger partial charge in [-0.25, -0.2) is 13.2 Å². The third-order valence-electron chi connectivity index (χ3n) is 4.73. The van der Waals surface area contributed by atoms with E-state index >= 15 is 0 Å². The van der Waals surface area contributed by atoms with Crippen LogP contribution in [0.1, 0.15) is 6.92 Å². The number of hydrogen-bond donors (Lipinski definition) is 1. The van der Waals surface area contributed by atoms with Crippen molar-refractivity contribution < 1.29 is 18.0 Å². The van der Waals surface area contributed by atoms with Crippen molar-refractivity contribution >= 4 is 28.9 Å². The van der Waals surface area contributed by atoms with Gasteiger partial charge in [0, 0.05) is 26.2 Å². The molecule has 0 saturated carbocycles. The predicted octanol–water partition coefficient (Wildman–Crippen LogP) is 3.91. The minimum Gasteiger partial charge on any atom is -0.368 e. The van der Waals surface area contributed by atoms with Gasteiger partial charge < -0.3 is 10.2 Å². The maximum atomic E-state index is 13.7. The van der Waals surface area contributed by atoms with E-state index in [0.717, 1.165) is 17.8 Å². The molecule has 4 nitrogen and oxygen atoms in total. The number of nitrogens with zero attached hydrogens (tertiary/aromatic N) is 2. The second-order valence-electron chi connectivity index (χ2n) is 6.36. The van der Waals surface area contributed by atoms with E-state index < -0.39 is 29.4 Å². The first kappa shape index (κ1) is 19.5. The zero-order valence-electron chi connectivity index (χ0n) is 14.7. The van der Waals surface area contributed by atoms with Crippen molar-refractivity contribution in [3.8, 4) is 0 Å². The molecule has 2 aromatic carbocycles. The Kier molecular flexibility index (Phi) is 5.92. The molecule has 0 spiro atoms. The molecule has 1 aliphatic rings. The normalized spacial score (nSPS) is 16.3. The van der Waals surface area contributed by atoms with Crippen molar-refractivity contribution in [3.05, 3.63) is 58.9 Å². The summed E-state index contributed by atoms with van der Waals surface area (Å²) in [5.74, 6) is -4.78. The molecule has 3 rings (SSSR count). The molecule has 0 unspecified atom stereocenters. The summed E-state index contributed by atoms with van der Waals surface area (Å²) >= 11 is 6.22. The second-order valence-corrected chi connectivity index (χ2v) is 6.77. The lowest BCUT2D eigenvalue weighted by molar-refractivity contribution is -0.120. The van der Waals surface area contributed by atoms with Crippen molar-refractivity contribution in [1.82, 2.24) is 4.90 Å². The molecule has 2 aromatic rings. The van der Waals surface area contributed by atoms with E-state index in [9.17, 15) is 18.0 Å². The summed E-state index contributed by atoms with van der Waals surface area (Å²) in [6, 6.07) is 8.79. The Labute approximate surface area is 160 Å². The zero-order chi connectivity index (χ0) is 19.6. The van der Waals surface area contributed by atoms with Gasteiger partial charge in [-0.3, -0.25) is 9.69 Å². The fraction of sp³-hybridized carbons (Fsp3) is 0.316. The van der Waals surface area contributed by atoms with E-state index in [1.54, 1.807) is 6.92 Å². The van der Waals surface area contributed by atoms with Crippen LogP contribution < -0.4 is 10.2 Å². The number of amides is 1. The van der Waals surface area contributed by atoms with Crippen LogP contribution in [0.25, 0.3) is 0 Å². The van der Waals surface area contributed by atoms with E-state index in [1.165, 1.54) is 0 Å². The Hall–Kier alpha value is -2.25.